The molecule has 5 rings (SSSR count). The fraction of sp³-hybridized carbons (Fsp3) is 0.111. The van der Waals surface area contributed by atoms with Crippen molar-refractivity contribution in [1.29, 1.82) is 5.26 Å². The number of pyridine rings is 1. The topological polar surface area (TPSA) is 124 Å². The van der Waals surface area contributed by atoms with Crippen LogP contribution < -0.4 is 16.0 Å². The summed E-state index contributed by atoms with van der Waals surface area (Å²) in [6, 6.07) is 15.1. The number of aromatic nitrogens is 1. The van der Waals surface area contributed by atoms with Gasteiger partial charge >= 0.3 is 0 Å². The highest BCUT2D eigenvalue weighted by Gasteiger charge is 2.44. The minimum Gasteiger partial charge on any atom is -0.497 e. The molecule has 2 aromatic carbocycles. The van der Waals surface area contributed by atoms with E-state index in [1.807, 2.05) is 6.07 Å². The molecule has 1 unspecified atom stereocenters. The first-order chi connectivity index (χ1) is 16.9. The lowest BCUT2D eigenvalue weighted by molar-refractivity contribution is 0.0897. The Morgan fingerprint density at radius 2 is 1.86 bits per heavy atom. The van der Waals surface area contributed by atoms with E-state index in [1.54, 1.807) is 42.5 Å². The summed E-state index contributed by atoms with van der Waals surface area (Å²) in [5.74, 6) is -2.25. The van der Waals surface area contributed by atoms with Gasteiger partial charge in [0.15, 0.2) is 11.5 Å². The molecule has 2 aliphatic rings. The quantitative estimate of drug-likeness (QED) is 0.586. The van der Waals surface area contributed by atoms with Crippen molar-refractivity contribution in [2.45, 2.75) is 12.5 Å². The van der Waals surface area contributed by atoms with E-state index < -0.39 is 23.0 Å². The normalized spacial score (nSPS) is 17.0. The number of benzene rings is 2. The van der Waals surface area contributed by atoms with Gasteiger partial charge in [0, 0.05) is 28.6 Å². The number of nitrogens with two attached hydrogens (primary N) is 1. The van der Waals surface area contributed by atoms with E-state index in [1.165, 1.54) is 23.8 Å². The number of carbonyl (C=O) groups is 2. The molecule has 0 radical (unpaired) electrons. The number of rotatable bonds is 4. The minimum atomic E-state index is -1.19. The molecule has 0 spiro atoms. The number of ether oxygens (including phenoxy) is 2. The molecule has 8 nitrogen and oxygen atoms in total. The third-order valence-corrected chi connectivity index (χ3v) is 6.24. The van der Waals surface area contributed by atoms with E-state index in [-0.39, 0.29) is 46.0 Å². The Bertz CT molecular complexity index is 1630. The second kappa shape index (κ2) is 8.15. The van der Waals surface area contributed by atoms with Crippen molar-refractivity contribution < 1.29 is 19.1 Å². The summed E-state index contributed by atoms with van der Waals surface area (Å²) in [5, 5.41) is 10.6. The van der Waals surface area contributed by atoms with Gasteiger partial charge in [-0.05, 0) is 24.3 Å². The Morgan fingerprint density at radius 3 is 2.51 bits per heavy atom. The number of hydrogen-bond acceptors (Lipinski definition) is 7. The standard InChI is InChI=1S/C27H19N3O5/c1-3-10-30-20-9-8-15(34-2)11-14(20)12-18(27(30)33)21-19(13-28)26(29)35-25-22(21)23(31)16-6-4-5-7-17(16)24(25)32/h3-9,11-12,21H,1,10,29H2,2H3. The Kier molecular flexibility index (Phi) is 5.10. The minimum absolute atomic E-state index is 0.0797. The number of carbonyl (C=O) groups excluding carboxylic acids is 2. The number of ketones is 2. The van der Waals surface area contributed by atoms with Crippen molar-refractivity contribution in [2.75, 3.05) is 7.11 Å². The average Bonchev–Trinajstić information content (AvgIpc) is 2.87. The van der Waals surface area contributed by atoms with Crippen LogP contribution in [0.15, 0.2) is 88.8 Å². The van der Waals surface area contributed by atoms with Gasteiger partial charge in [-0.25, -0.2) is 0 Å². The van der Waals surface area contributed by atoms with Crippen LogP contribution in [0.2, 0.25) is 0 Å². The van der Waals surface area contributed by atoms with E-state index >= 15 is 0 Å². The maximum atomic E-state index is 13.8. The van der Waals surface area contributed by atoms with Gasteiger partial charge in [0.05, 0.1) is 24.1 Å². The van der Waals surface area contributed by atoms with Gasteiger partial charge in [-0.15, -0.1) is 6.58 Å². The number of methoxy groups -OCH3 is 1. The summed E-state index contributed by atoms with van der Waals surface area (Å²) < 4.78 is 12.3. The molecule has 1 aliphatic heterocycles. The summed E-state index contributed by atoms with van der Waals surface area (Å²) >= 11 is 0. The molecule has 2 N–H and O–H groups in total. The zero-order valence-electron chi connectivity index (χ0n) is 18.7. The second-order valence-corrected chi connectivity index (χ2v) is 8.10. The summed E-state index contributed by atoms with van der Waals surface area (Å²) in [6.07, 6.45) is 1.57. The molecular formula is C27H19N3O5. The van der Waals surface area contributed by atoms with Crippen molar-refractivity contribution in [3.05, 3.63) is 111 Å². The average molecular weight is 465 g/mol. The molecule has 0 amide bonds. The van der Waals surface area contributed by atoms with Crippen molar-refractivity contribution in [3.8, 4) is 11.8 Å². The van der Waals surface area contributed by atoms with Crippen LogP contribution >= 0.6 is 0 Å². The number of allylic oxidation sites excluding steroid dienone is 4. The zero-order valence-corrected chi connectivity index (χ0v) is 18.7. The van der Waals surface area contributed by atoms with E-state index in [0.29, 0.717) is 16.7 Å². The first-order valence-corrected chi connectivity index (χ1v) is 10.7. The van der Waals surface area contributed by atoms with Gasteiger partial charge in [-0.1, -0.05) is 30.3 Å². The lowest BCUT2D eigenvalue weighted by atomic mass is 9.75. The van der Waals surface area contributed by atoms with Crippen LogP contribution in [0.1, 0.15) is 32.2 Å². The maximum Gasteiger partial charge on any atom is 0.255 e. The predicted molar refractivity (Wildman–Crippen MR) is 128 cm³/mol. The van der Waals surface area contributed by atoms with Gasteiger partial charge in [0.25, 0.3) is 5.56 Å². The van der Waals surface area contributed by atoms with Gasteiger partial charge in [0.2, 0.25) is 11.7 Å². The van der Waals surface area contributed by atoms with Gasteiger partial charge in [-0.2, -0.15) is 5.26 Å². The molecule has 35 heavy (non-hydrogen) atoms. The molecule has 0 bridgehead atoms. The van der Waals surface area contributed by atoms with Crippen LogP contribution in [0.3, 0.4) is 0 Å². The summed E-state index contributed by atoms with van der Waals surface area (Å²) in [4.78, 5) is 40.6. The van der Waals surface area contributed by atoms with E-state index in [9.17, 15) is 19.6 Å². The highest BCUT2D eigenvalue weighted by Crippen LogP contribution is 2.43. The van der Waals surface area contributed by atoms with Gasteiger partial charge < -0.3 is 19.8 Å². The van der Waals surface area contributed by atoms with Crippen LogP contribution in [0, 0.1) is 11.3 Å². The third kappa shape index (κ3) is 3.17. The lowest BCUT2D eigenvalue weighted by Gasteiger charge is -2.31. The zero-order chi connectivity index (χ0) is 24.9. The summed E-state index contributed by atoms with van der Waals surface area (Å²) in [7, 11) is 1.53. The SMILES string of the molecule is C=CCn1c(=O)c(C2C(C#N)=C(N)OC3=C2C(=O)c2ccccc2C3=O)cc2cc(OC)ccc21. The molecule has 0 fully saturated rings. The lowest BCUT2D eigenvalue weighted by Crippen LogP contribution is -2.35. The molecule has 0 saturated carbocycles. The number of hydrogen-bond donors (Lipinski definition) is 1. The Hall–Kier alpha value is -4.90. The Labute approximate surface area is 199 Å². The maximum absolute atomic E-state index is 13.8. The molecule has 0 saturated heterocycles. The number of Topliss-reactive ketones (excluding diaryl/α,β-unsaturated/α-hetero) is 2. The molecule has 1 aromatic heterocycles. The molecule has 8 heteroatoms. The molecular weight excluding hydrogens is 446 g/mol. The third-order valence-electron chi connectivity index (χ3n) is 6.24. The molecule has 172 valence electrons. The van der Waals surface area contributed by atoms with Crippen LogP contribution in [-0.4, -0.2) is 23.2 Å². The first-order valence-electron chi connectivity index (χ1n) is 10.7. The summed E-state index contributed by atoms with van der Waals surface area (Å²) in [6.45, 7) is 3.92. The second-order valence-electron chi connectivity index (χ2n) is 8.10. The highest BCUT2D eigenvalue weighted by molar-refractivity contribution is 6.27. The Balaban J connectivity index is 1.85. The highest BCUT2D eigenvalue weighted by atomic mass is 16.5. The number of nitriles is 1. The number of fused-ring (bicyclic) bond motifs is 2. The van der Waals surface area contributed by atoms with E-state index in [2.05, 4.69) is 6.58 Å². The molecule has 1 atom stereocenters. The number of nitrogens with zero attached hydrogens (tertiary/aromatic N) is 2. The monoisotopic (exact) mass is 465 g/mol. The van der Waals surface area contributed by atoms with Gasteiger partial charge in [-0.3, -0.25) is 14.4 Å². The van der Waals surface area contributed by atoms with Crippen LogP contribution in [0.25, 0.3) is 10.9 Å². The fourth-order valence-corrected chi connectivity index (χ4v) is 4.65. The van der Waals surface area contributed by atoms with Gasteiger partial charge in [0.1, 0.15) is 17.4 Å². The van der Waals surface area contributed by atoms with Crippen molar-refractivity contribution in [3.63, 3.8) is 0 Å². The predicted octanol–water partition coefficient (Wildman–Crippen LogP) is 3.34. The largest absolute Gasteiger partial charge is 0.497 e. The Morgan fingerprint density at radius 1 is 1.14 bits per heavy atom. The van der Waals surface area contributed by atoms with Crippen LogP contribution in [0.4, 0.5) is 0 Å². The fourth-order valence-electron chi connectivity index (χ4n) is 4.65. The molecule has 1 aliphatic carbocycles. The van der Waals surface area contributed by atoms with Crippen molar-refractivity contribution >= 4 is 22.5 Å². The van der Waals surface area contributed by atoms with Crippen molar-refractivity contribution in [2.24, 2.45) is 5.73 Å². The van der Waals surface area contributed by atoms with Crippen LogP contribution in [0.5, 0.6) is 5.75 Å². The van der Waals surface area contributed by atoms with Crippen LogP contribution in [-0.2, 0) is 11.3 Å². The van der Waals surface area contributed by atoms with E-state index in [0.717, 1.165) is 0 Å². The smallest absolute Gasteiger partial charge is 0.255 e. The molecule has 3 aromatic rings. The summed E-state index contributed by atoms with van der Waals surface area (Å²) in [5.41, 5.74) is 6.50. The van der Waals surface area contributed by atoms with Crippen molar-refractivity contribution in [1.82, 2.24) is 4.57 Å². The first kappa shape index (κ1) is 21.9. The van der Waals surface area contributed by atoms with E-state index in [4.69, 9.17) is 15.2 Å². The molecule has 2 heterocycles.